The van der Waals surface area contributed by atoms with Gasteiger partial charge in [-0.25, -0.2) is 0 Å². The Bertz CT molecular complexity index is 383. The summed E-state index contributed by atoms with van der Waals surface area (Å²) in [7, 11) is 1.88. The standard InChI is InChI=1S/C11H16N2O2S/c1-13-10(16-7-11(14)15)6-9(12-13)8-4-2-3-5-8/h6,8H,2-5,7H2,1H3,(H,14,15). The van der Waals surface area contributed by atoms with Crippen LogP contribution in [0.2, 0.25) is 0 Å². The van der Waals surface area contributed by atoms with Crippen LogP contribution < -0.4 is 0 Å². The molecule has 0 amide bonds. The van der Waals surface area contributed by atoms with E-state index in [0.29, 0.717) is 5.92 Å². The van der Waals surface area contributed by atoms with Crippen molar-refractivity contribution >= 4 is 17.7 Å². The van der Waals surface area contributed by atoms with E-state index in [1.165, 1.54) is 37.4 Å². The molecule has 1 fully saturated rings. The number of aryl methyl sites for hydroxylation is 1. The number of carboxylic acids is 1. The summed E-state index contributed by atoms with van der Waals surface area (Å²) < 4.78 is 1.79. The fraction of sp³-hybridized carbons (Fsp3) is 0.636. The van der Waals surface area contributed by atoms with Crippen molar-refractivity contribution in [1.29, 1.82) is 0 Å². The lowest BCUT2D eigenvalue weighted by atomic mass is 10.1. The van der Waals surface area contributed by atoms with Crippen LogP contribution in [0.1, 0.15) is 37.3 Å². The first kappa shape index (κ1) is 11.5. The Labute approximate surface area is 99.0 Å². The monoisotopic (exact) mass is 240 g/mol. The molecule has 2 rings (SSSR count). The first-order chi connectivity index (χ1) is 7.66. The summed E-state index contributed by atoms with van der Waals surface area (Å²) >= 11 is 1.34. The molecule has 1 aromatic rings. The fourth-order valence-corrected chi connectivity index (χ4v) is 2.87. The van der Waals surface area contributed by atoms with Crippen LogP contribution in [-0.2, 0) is 11.8 Å². The van der Waals surface area contributed by atoms with Crippen LogP contribution in [0.4, 0.5) is 0 Å². The molecule has 1 heterocycles. The van der Waals surface area contributed by atoms with E-state index in [4.69, 9.17) is 5.11 Å². The smallest absolute Gasteiger partial charge is 0.313 e. The van der Waals surface area contributed by atoms with Crippen LogP contribution >= 0.6 is 11.8 Å². The number of thioether (sulfide) groups is 1. The molecule has 1 saturated carbocycles. The number of carbonyl (C=O) groups is 1. The minimum absolute atomic E-state index is 0.101. The van der Waals surface area contributed by atoms with Crippen LogP contribution in [0.15, 0.2) is 11.1 Å². The number of nitrogens with zero attached hydrogens (tertiary/aromatic N) is 2. The van der Waals surface area contributed by atoms with E-state index in [1.807, 2.05) is 13.1 Å². The normalized spacial score (nSPS) is 16.8. The zero-order valence-electron chi connectivity index (χ0n) is 9.35. The van der Waals surface area contributed by atoms with E-state index < -0.39 is 5.97 Å². The SMILES string of the molecule is Cn1nc(C2CCCC2)cc1SCC(=O)O. The molecule has 0 saturated heterocycles. The Morgan fingerprint density at radius 3 is 2.94 bits per heavy atom. The van der Waals surface area contributed by atoms with Gasteiger partial charge in [0.05, 0.1) is 16.5 Å². The van der Waals surface area contributed by atoms with Crippen molar-refractivity contribution in [3.05, 3.63) is 11.8 Å². The first-order valence-electron chi connectivity index (χ1n) is 5.55. The molecule has 88 valence electrons. The number of aliphatic carboxylic acids is 1. The summed E-state index contributed by atoms with van der Waals surface area (Å²) in [5, 5.41) is 14.1. The molecule has 0 aromatic carbocycles. The van der Waals surface area contributed by atoms with E-state index in [-0.39, 0.29) is 5.75 Å². The molecular weight excluding hydrogens is 224 g/mol. The zero-order chi connectivity index (χ0) is 11.5. The van der Waals surface area contributed by atoms with Gasteiger partial charge in [-0.05, 0) is 18.9 Å². The number of hydrogen-bond acceptors (Lipinski definition) is 3. The lowest BCUT2D eigenvalue weighted by molar-refractivity contribution is -0.133. The van der Waals surface area contributed by atoms with Crippen LogP contribution in [0.3, 0.4) is 0 Å². The molecule has 1 aromatic heterocycles. The summed E-state index contributed by atoms with van der Waals surface area (Å²) in [6.45, 7) is 0. The van der Waals surface area contributed by atoms with Gasteiger partial charge in [0.1, 0.15) is 0 Å². The molecule has 0 unspecified atom stereocenters. The van der Waals surface area contributed by atoms with Crippen LogP contribution in [0, 0.1) is 0 Å². The van der Waals surface area contributed by atoms with E-state index in [0.717, 1.165) is 10.7 Å². The van der Waals surface area contributed by atoms with Gasteiger partial charge in [-0.1, -0.05) is 24.6 Å². The van der Waals surface area contributed by atoms with Gasteiger partial charge in [0.2, 0.25) is 0 Å². The van der Waals surface area contributed by atoms with Crippen LogP contribution in [0.25, 0.3) is 0 Å². The molecule has 16 heavy (non-hydrogen) atoms. The van der Waals surface area contributed by atoms with Gasteiger partial charge < -0.3 is 5.11 Å². The van der Waals surface area contributed by atoms with Crippen molar-refractivity contribution in [3.8, 4) is 0 Å². The lowest BCUT2D eigenvalue weighted by Crippen LogP contribution is -2.00. The Morgan fingerprint density at radius 2 is 2.31 bits per heavy atom. The number of carboxylic acid groups (broad SMARTS) is 1. The third-order valence-electron chi connectivity index (χ3n) is 2.97. The van der Waals surface area contributed by atoms with Gasteiger partial charge in [0.25, 0.3) is 0 Å². The molecule has 1 aliphatic rings. The van der Waals surface area contributed by atoms with Crippen molar-refractivity contribution in [3.63, 3.8) is 0 Å². The van der Waals surface area contributed by atoms with Crippen molar-refractivity contribution in [2.24, 2.45) is 7.05 Å². The summed E-state index contributed by atoms with van der Waals surface area (Å²) in [5.41, 5.74) is 1.13. The highest BCUT2D eigenvalue weighted by Crippen LogP contribution is 2.34. The number of rotatable bonds is 4. The average Bonchev–Trinajstić information content (AvgIpc) is 2.83. The molecule has 5 heteroatoms. The molecule has 1 N–H and O–H groups in total. The van der Waals surface area contributed by atoms with Gasteiger partial charge in [-0.2, -0.15) is 5.10 Å². The van der Waals surface area contributed by atoms with Crippen LogP contribution in [0.5, 0.6) is 0 Å². The number of aromatic nitrogens is 2. The van der Waals surface area contributed by atoms with Crippen molar-refractivity contribution in [1.82, 2.24) is 9.78 Å². The van der Waals surface area contributed by atoms with Gasteiger partial charge in [0.15, 0.2) is 0 Å². The quantitative estimate of drug-likeness (QED) is 0.820. The maximum Gasteiger partial charge on any atom is 0.313 e. The predicted octanol–water partition coefficient (Wildman–Crippen LogP) is 2.25. The third kappa shape index (κ3) is 2.58. The third-order valence-corrected chi connectivity index (χ3v) is 4.04. The molecule has 0 spiro atoms. The van der Waals surface area contributed by atoms with E-state index in [2.05, 4.69) is 5.10 Å². The van der Waals surface area contributed by atoms with E-state index >= 15 is 0 Å². The Hall–Kier alpha value is -0.970. The summed E-state index contributed by atoms with van der Waals surface area (Å²) in [6.07, 6.45) is 5.03. The Morgan fingerprint density at radius 1 is 1.62 bits per heavy atom. The van der Waals surface area contributed by atoms with Gasteiger partial charge in [-0.15, -0.1) is 0 Å². The second kappa shape index (κ2) is 4.91. The van der Waals surface area contributed by atoms with Gasteiger partial charge in [-0.3, -0.25) is 9.48 Å². The van der Waals surface area contributed by atoms with Crippen molar-refractivity contribution in [2.45, 2.75) is 36.6 Å². The molecule has 4 nitrogen and oxygen atoms in total. The second-order valence-corrected chi connectivity index (χ2v) is 5.19. The lowest BCUT2D eigenvalue weighted by Gasteiger charge is -2.02. The summed E-state index contributed by atoms with van der Waals surface area (Å²) in [4.78, 5) is 10.5. The van der Waals surface area contributed by atoms with Crippen LogP contribution in [-0.4, -0.2) is 26.6 Å². The topological polar surface area (TPSA) is 55.1 Å². The molecule has 0 bridgehead atoms. The highest BCUT2D eigenvalue weighted by molar-refractivity contribution is 7.99. The molecule has 0 atom stereocenters. The van der Waals surface area contributed by atoms with E-state index in [1.54, 1.807) is 4.68 Å². The minimum atomic E-state index is -0.784. The Kier molecular flexibility index (Phi) is 3.53. The van der Waals surface area contributed by atoms with Gasteiger partial charge in [0, 0.05) is 13.0 Å². The minimum Gasteiger partial charge on any atom is -0.481 e. The fourth-order valence-electron chi connectivity index (χ4n) is 2.16. The molecule has 1 aliphatic carbocycles. The highest BCUT2D eigenvalue weighted by Gasteiger charge is 2.20. The Balaban J connectivity index is 2.05. The van der Waals surface area contributed by atoms with Crippen molar-refractivity contribution < 1.29 is 9.90 Å². The summed E-state index contributed by atoms with van der Waals surface area (Å²) in [5.74, 6) is -0.0945. The molecule has 0 aliphatic heterocycles. The molecule has 0 radical (unpaired) electrons. The maximum atomic E-state index is 10.5. The maximum absolute atomic E-state index is 10.5. The summed E-state index contributed by atoms with van der Waals surface area (Å²) in [6, 6.07) is 2.05. The number of hydrogen-bond donors (Lipinski definition) is 1. The largest absolute Gasteiger partial charge is 0.481 e. The predicted molar refractivity (Wildman–Crippen MR) is 62.8 cm³/mol. The zero-order valence-corrected chi connectivity index (χ0v) is 10.2. The van der Waals surface area contributed by atoms with Crippen molar-refractivity contribution in [2.75, 3.05) is 5.75 Å². The van der Waals surface area contributed by atoms with Gasteiger partial charge >= 0.3 is 5.97 Å². The average molecular weight is 240 g/mol. The highest BCUT2D eigenvalue weighted by atomic mass is 32.2. The second-order valence-electron chi connectivity index (χ2n) is 4.19. The molecular formula is C11H16N2O2S. The van der Waals surface area contributed by atoms with E-state index in [9.17, 15) is 4.79 Å². The first-order valence-corrected chi connectivity index (χ1v) is 6.54.